The minimum atomic E-state index is -0.593. The number of rotatable bonds is 3. The zero-order valence-corrected chi connectivity index (χ0v) is 11.8. The normalized spacial score (nSPS) is 10.3. The predicted molar refractivity (Wildman–Crippen MR) is 77.5 cm³/mol. The molecule has 2 rings (SSSR count). The van der Waals surface area contributed by atoms with Gasteiger partial charge in [0.25, 0.3) is 5.69 Å². The Morgan fingerprint density at radius 2 is 1.75 bits per heavy atom. The van der Waals surface area contributed by atoms with E-state index in [9.17, 15) is 14.9 Å². The summed E-state index contributed by atoms with van der Waals surface area (Å²) in [5.41, 5.74) is 2.26. The van der Waals surface area contributed by atoms with Crippen LogP contribution in [0.15, 0.2) is 36.4 Å². The molecule has 102 valence electrons. The van der Waals surface area contributed by atoms with Crippen molar-refractivity contribution >= 4 is 23.1 Å². The molecular formula is C15H12ClNO3. The van der Waals surface area contributed by atoms with Crippen LogP contribution in [0.3, 0.4) is 0 Å². The van der Waals surface area contributed by atoms with Crippen molar-refractivity contribution in [1.82, 2.24) is 0 Å². The predicted octanol–water partition coefficient (Wildman–Crippen LogP) is 4.10. The Kier molecular flexibility index (Phi) is 3.86. The maximum Gasteiger partial charge on any atom is 0.288 e. The summed E-state index contributed by atoms with van der Waals surface area (Å²) in [6.45, 7) is 3.68. The standard InChI is InChI=1S/C15H12ClNO3/c1-9-4-3-5-10(2)14(9)15(18)11-6-7-12(16)13(8-11)17(19)20/h3-8H,1-2H3. The van der Waals surface area contributed by atoms with Crippen LogP contribution in [0.25, 0.3) is 0 Å². The number of hydrogen-bond acceptors (Lipinski definition) is 3. The molecule has 0 saturated carbocycles. The van der Waals surface area contributed by atoms with Crippen molar-refractivity contribution in [3.63, 3.8) is 0 Å². The molecular weight excluding hydrogens is 278 g/mol. The van der Waals surface area contributed by atoms with Crippen molar-refractivity contribution in [2.24, 2.45) is 0 Å². The molecule has 0 aliphatic carbocycles. The van der Waals surface area contributed by atoms with Gasteiger partial charge in [-0.05, 0) is 37.1 Å². The van der Waals surface area contributed by atoms with E-state index >= 15 is 0 Å². The van der Waals surface area contributed by atoms with Crippen molar-refractivity contribution in [1.29, 1.82) is 0 Å². The van der Waals surface area contributed by atoms with Gasteiger partial charge in [0.2, 0.25) is 0 Å². The van der Waals surface area contributed by atoms with Crippen molar-refractivity contribution in [3.05, 3.63) is 73.8 Å². The lowest BCUT2D eigenvalue weighted by Gasteiger charge is -2.08. The van der Waals surface area contributed by atoms with Gasteiger partial charge in [0.05, 0.1) is 4.92 Å². The molecule has 0 atom stereocenters. The number of carbonyl (C=O) groups is 1. The Morgan fingerprint density at radius 3 is 2.30 bits per heavy atom. The molecule has 0 heterocycles. The molecule has 0 aliphatic heterocycles. The molecule has 0 spiro atoms. The van der Waals surface area contributed by atoms with E-state index < -0.39 is 4.92 Å². The van der Waals surface area contributed by atoms with Gasteiger partial charge < -0.3 is 0 Å². The fourth-order valence-corrected chi connectivity index (χ4v) is 2.30. The number of halogens is 1. The van der Waals surface area contributed by atoms with Crippen LogP contribution in [0, 0.1) is 24.0 Å². The van der Waals surface area contributed by atoms with Gasteiger partial charge in [-0.15, -0.1) is 0 Å². The summed E-state index contributed by atoms with van der Waals surface area (Å²) in [5, 5.41) is 10.9. The Hall–Kier alpha value is -2.20. The molecule has 0 saturated heterocycles. The van der Waals surface area contributed by atoms with Gasteiger partial charge in [-0.3, -0.25) is 14.9 Å². The van der Waals surface area contributed by atoms with Gasteiger partial charge >= 0.3 is 0 Å². The molecule has 0 N–H and O–H groups in total. The minimum Gasteiger partial charge on any atom is -0.289 e. The maximum absolute atomic E-state index is 12.5. The molecule has 0 aliphatic rings. The van der Waals surface area contributed by atoms with Gasteiger partial charge in [-0.25, -0.2) is 0 Å². The third kappa shape index (κ3) is 2.56. The second kappa shape index (κ2) is 5.43. The van der Waals surface area contributed by atoms with Crippen molar-refractivity contribution in [2.75, 3.05) is 0 Å². The number of carbonyl (C=O) groups excluding carboxylic acids is 1. The molecule has 0 radical (unpaired) electrons. The zero-order chi connectivity index (χ0) is 14.9. The topological polar surface area (TPSA) is 60.2 Å². The Morgan fingerprint density at radius 1 is 1.15 bits per heavy atom. The monoisotopic (exact) mass is 289 g/mol. The highest BCUT2D eigenvalue weighted by Gasteiger charge is 2.19. The number of nitro benzene ring substituents is 1. The highest BCUT2D eigenvalue weighted by molar-refractivity contribution is 6.32. The van der Waals surface area contributed by atoms with Gasteiger partial charge in [0, 0.05) is 17.2 Å². The average Bonchev–Trinajstić information content (AvgIpc) is 2.38. The fourth-order valence-electron chi connectivity index (χ4n) is 2.11. The first-order valence-corrected chi connectivity index (χ1v) is 6.34. The van der Waals surface area contributed by atoms with Crippen molar-refractivity contribution < 1.29 is 9.72 Å². The van der Waals surface area contributed by atoms with Gasteiger partial charge in [-0.2, -0.15) is 0 Å². The van der Waals surface area contributed by atoms with Gasteiger partial charge in [0.15, 0.2) is 5.78 Å². The fraction of sp³-hybridized carbons (Fsp3) is 0.133. The summed E-state index contributed by atoms with van der Waals surface area (Å²) in [5.74, 6) is -0.236. The number of benzene rings is 2. The van der Waals surface area contributed by atoms with Gasteiger partial charge in [0.1, 0.15) is 5.02 Å². The third-order valence-electron chi connectivity index (χ3n) is 3.11. The first-order chi connectivity index (χ1) is 9.41. The molecule has 5 heteroatoms. The average molecular weight is 290 g/mol. The van der Waals surface area contributed by atoms with Crippen LogP contribution in [0.5, 0.6) is 0 Å². The van der Waals surface area contributed by atoms with Crippen LogP contribution < -0.4 is 0 Å². The lowest BCUT2D eigenvalue weighted by atomic mass is 9.95. The number of nitro groups is 1. The Balaban J connectivity index is 2.55. The summed E-state index contributed by atoms with van der Waals surface area (Å²) in [7, 11) is 0. The Labute approximate surface area is 121 Å². The lowest BCUT2D eigenvalue weighted by molar-refractivity contribution is -0.384. The quantitative estimate of drug-likeness (QED) is 0.485. The zero-order valence-electron chi connectivity index (χ0n) is 11.0. The van der Waals surface area contributed by atoms with E-state index in [4.69, 9.17) is 11.6 Å². The van der Waals surface area contributed by atoms with E-state index in [1.54, 1.807) is 0 Å². The van der Waals surface area contributed by atoms with Crippen LogP contribution in [0.2, 0.25) is 5.02 Å². The van der Waals surface area contributed by atoms with E-state index in [2.05, 4.69) is 0 Å². The van der Waals surface area contributed by atoms with E-state index in [-0.39, 0.29) is 22.1 Å². The molecule has 0 bridgehead atoms. The van der Waals surface area contributed by atoms with Crippen LogP contribution >= 0.6 is 11.6 Å². The molecule has 20 heavy (non-hydrogen) atoms. The number of hydrogen-bond donors (Lipinski definition) is 0. The summed E-state index contributed by atoms with van der Waals surface area (Å²) in [4.78, 5) is 22.8. The van der Waals surface area contributed by atoms with Crippen molar-refractivity contribution in [2.45, 2.75) is 13.8 Å². The second-order valence-electron chi connectivity index (χ2n) is 4.52. The highest BCUT2D eigenvalue weighted by atomic mass is 35.5. The second-order valence-corrected chi connectivity index (χ2v) is 4.93. The molecule has 2 aromatic carbocycles. The summed E-state index contributed by atoms with van der Waals surface area (Å²) in [6, 6.07) is 9.64. The summed E-state index contributed by atoms with van der Waals surface area (Å²) in [6.07, 6.45) is 0. The molecule has 2 aromatic rings. The van der Waals surface area contributed by atoms with Crippen LogP contribution in [-0.2, 0) is 0 Å². The summed E-state index contributed by atoms with van der Waals surface area (Å²) < 4.78 is 0. The largest absolute Gasteiger partial charge is 0.289 e. The van der Waals surface area contributed by atoms with Crippen molar-refractivity contribution in [3.8, 4) is 0 Å². The van der Waals surface area contributed by atoms with Crippen LogP contribution in [-0.4, -0.2) is 10.7 Å². The van der Waals surface area contributed by atoms with Crippen LogP contribution in [0.1, 0.15) is 27.0 Å². The molecule has 0 unspecified atom stereocenters. The SMILES string of the molecule is Cc1cccc(C)c1C(=O)c1ccc(Cl)c([N+](=O)[O-])c1. The summed E-state index contributed by atoms with van der Waals surface area (Å²) >= 11 is 5.75. The number of nitrogens with zero attached hydrogens (tertiary/aromatic N) is 1. The van der Waals surface area contributed by atoms with E-state index in [1.165, 1.54) is 18.2 Å². The van der Waals surface area contributed by atoms with E-state index in [0.717, 1.165) is 11.1 Å². The highest BCUT2D eigenvalue weighted by Crippen LogP contribution is 2.27. The minimum absolute atomic E-state index is 0.0213. The molecule has 4 nitrogen and oxygen atoms in total. The lowest BCUT2D eigenvalue weighted by Crippen LogP contribution is -2.06. The first-order valence-electron chi connectivity index (χ1n) is 5.96. The Bertz CT molecular complexity index is 690. The third-order valence-corrected chi connectivity index (χ3v) is 3.43. The van der Waals surface area contributed by atoms with Gasteiger partial charge in [-0.1, -0.05) is 29.8 Å². The number of ketones is 1. The maximum atomic E-state index is 12.5. The molecule has 0 aromatic heterocycles. The smallest absolute Gasteiger partial charge is 0.288 e. The van der Waals surface area contributed by atoms with Crippen LogP contribution in [0.4, 0.5) is 5.69 Å². The number of aryl methyl sites for hydroxylation is 2. The molecule has 0 fully saturated rings. The van der Waals surface area contributed by atoms with E-state index in [1.807, 2.05) is 32.0 Å². The molecule has 0 amide bonds. The first kappa shape index (κ1) is 14.2. The van der Waals surface area contributed by atoms with E-state index in [0.29, 0.717) is 5.56 Å².